The number of hydrogen-bond donors (Lipinski definition) is 0. The van der Waals surface area contributed by atoms with E-state index in [2.05, 4.69) is 4.74 Å². The Balaban J connectivity index is 2.75. The largest absolute Gasteiger partial charge is 0.446 e. The molecule has 0 fully saturated rings. The predicted octanol–water partition coefficient (Wildman–Crippen LogP) is 2.69. The van der Waals surface area contributed by atoms with Crippen LogP contribution in [-0.2, 0) is 4.74 Å². The lowest BCUT2D eigenvalue weighted by atomic mass is 10.2. The van der Waals surface area contributed by atoms with Crippen LogP contribution in [0.2, 0.25) is 5.02 Å². The summed E-state index contributed by atoms with van der Waals surface area (Å²) in [5, 5.41) is 0.581. The second-order valence-corrected chi connectivity index (χ2v) is 2.70. The summed E-state index contributed by atoms with van der Waals surface area (Å²) in [6.45, 7) is 0. The lowest BCUT2D eigenvalue weighted by Crippen LogP contribution is -2.02. The Hall–Kier alpha value is -0.730. The number of carbonyl (C=O) groups is 1. The summed E-state index contributed by atoms with van der Waals surface area (Å²) in [6.07, 6.45) is 0. The summed E-state index contributed by atoms with van der Waals surface area (Å²) in [5.41, 5.74) is 0.444. The van der Waals surface area contributed by atoms with Crippen molar-refractivity contribution < 1.29 is 9.53 Å². The van der Waals surface area contributed by atoms with Gasteiger partial charge in [0.2, 0.25) is 0 Å². The van der Waals surface area contributed by atoms with Crippen LogP contribution in [0.1, 0.15) is 10.4 Å². The van der Waals surface area contributed by atoms with Crippen LogP contribution in [-0.4, -0.2) is 12.0 Å². The fourth-order valence-corrected chi connectivity index (χ4v) is 0.944. The van der Waals surface area contributed by atoms with Crippen LogP contribution in [0.4, 0.5) is 0 Å². The van der Waals surface area contributed by atoms with E-state index in [1.165, 1.54) is 0 Å². The molecule has 1 rings (SSSR count). The van der Waals surface area contributed by atoms with Gasteiger partial charge in [0.1, 0.15) is 0 Å². The van der Waals surface area contributed by atoms with Crippen molar-refractivity contribution in [3.63, 3.8) is 0 Å². The highest BCUT2D eigenvalue weighted by Gasteiger charge is 2.04. The van der Waals surface area contributed by atoms with Gasteiger partial charge in [-0.2, -0.15) is 0 Å². The highest BCUT2D eigenvalue weighted by molar-refractivity contribution is 6.30. The zero-order chi connectivity index (χ0) is 8.97. The molecule has 0 bridgehead atoms. The fraction of sp³-hybridized carbons (Fsp3) is 0.125. The van der Waals surface area contributed by atoms with Gasteiger partial charge in [-0.15, -0.1) is 0 Å². The number of benzene rings is 1. The lowest BCUT2D eigenvalue weighted by Gasteiger charge is -1.99. The van der Waals surface area contributed by atoms with Crippen molar-refractivity contribution in [1.29, 1.82) is 0 Å². The Bertz CT molecular complexity index is 269. The Morgan fingerprint density at radius 1 is 1.33 bits per heavy atom. The van der Waals surface area contributed by atoms with Crippen LogP contribution in [0.25, 0.3) is 0 Å². The van der Waals surface area contributed by atoms with Crippen LogP contribution in [0.15, 0.2) is 24.3 Å². The molecule has 0 saturated heterocycles. The fourth-order valence-electron chi connectivity index (χ4n) is 0.719. The van der Waals surface area contributed by atoms with Crippen molar-refractivity contribution in [1.82, 2.24) is 0 Å². The number of hydrogen-bond acceptors (Lipinski definition) is 2. The summed E-state index contributed by atoms with van der Waals surface area (Å²) in [6, 6.07) is 6.26. The average Bonchev–Trinajstić information content (AvgIpc) is 2.06. The highest BCUT2D eigenvalue weighted by atomic mass is 35.5. The minimum Gasteiger partial charge on any atom is -0.446 e. The maximum absolute atomic E-state index is 11.0. The Kier molecular flexibility index (Phi) is 3.38. The maximum atomic E-state index is 11.0. The van der Waals surface area contributed by atoms with Crippen molar-refractivity contribution in [3.8, 4) is 0 Å². The van der Waals surface area contributed by atoms with E-state index >= 15 is 0 Å². The van der Waals surface area contributed by atoms with E-state index in [4.69, 9.17) is 23.2 Å². The topological polar surface area (TPSA) is 26.3 Å². The molecule has 0 atom stereocenters. The lowest BCUT2D eigenvalue weighted by molar-refractivity contribution is 0.0574. The number of esters is 1. The molecule has 0 unspecified atom stereocenters. The molecule has 0 aliphatic carbocycles. The number of halogens is 2. The Morgan fingerprint density at radius 2 is 1.92 bits per heavy atom. The molecule has 1 aromatic rings. The Morgan fingerprint density at radius 3 is 2.42 bits per heavy atom. The predicted molar refractivity (Wildman–Crippen MR) is 47.6 cm³/mol. The van der Waals surface area contributed by atoms with Crippen molar-refractivity contribution in [2.24, 2.45) is 0 Å². The molecule has 0 aromatic heterocycles. The van der Waals surface area contributed by atoms with Crippen LogP contribution in [0.5, 0.6) is 0 Å². The molecular formula is C8H6Cl2O2. The van der Waals surface area contributed by atoms with E-state index < -0.39 is 5.97 Å². The van der Waals surface area contributed by atoms with Gasteiger partial charge >= 0.3 is 5.97 Å². The standard InChI is InChI=1S/C8H6Cl2O2/c9-5-12-8(11)6-1-3-7(10)4-2-6/h1-4H,5H2. The molecule has 0 N–H and O–H groups in total. The Labute approximate surface area is 80.0 Å². The van der Waals surface area contributed by atoms with Gasteiger partial charge in [0, 0.05) is 5.02 Å². The van der Waals surface area contributed by atoms with E-state index in [1.54, 1.807) is 24.3 Å². The van der Waals surface area contributed by atoms with E-state index in [-0.39, 0.29) is 6.07 Å². The average molecular weight is 205 g/mol. The first kappa shape index (κ1) is 9.36. The first-order valence-corrected chi connectivity index (χ1v) is 4.14. The van der Waals surface area contributed by atoms with Gasteiger partial charge < -0.3 is 4.74 Å². The third-order valence-electron chi connectivity index (χ3n) is 1.27. The van der Waals surface area contributed by atoms with E-state index in [1.807, 2.05) is 0 Å². The summed E-state index contributed by atoms with van der Waals surface area (Å²) in [5.74, 6) is -0.443. The number of alkyl halides is 1. The van der Waals surface area contributed by atoms with Crippen molar-refractivity contribution in [2.45, 2.75) is 0 Å². The monoisotopic (exact) mass is 204 g/mol. The van der Waals surface area contributed by atoms with E-state index in [0.29, 0.717) is 10.6 Å². The van der Waals surface area contributed by atoms with Crippen LogP contribution >= 0.6 is 23.2 Å². The zero-order valence-corrected chi connectivity index (χ0v) is 7.60. The molecule has 0 saturated carbocycles. The van der Waals surface area contributed by atoms with Gasteiger partial charge in [0.05, 0.1) is 5.56 Å². The molecular weight excluding hydrogens is 199 g/mol. The van der Waals surface area contributed by atoms with Crippen LogP contribution in [0, 0.1) is 0 Å². The molecule has 1 aromatic carbocycles. The van der Waals surface area contributed by atoms with Gasteiger partial charge in [0.15, 0.2) is 6.07 Å². The molecule has 0 radical (unpaired) electrons. The molecule has 4 heteroatoms. The van der Waals surface area contributed by atoms with Gasteiger partial charge in [-0.3, -0.25) is 0 Å². The second-order valence-electron chi connectivity index (χ2n) is 2.05. The molecule has 12 heavy (non-hydrogen) atoms. The molecule has 0 heterocycles. The van der Waals surface area contributed by atoms with Crippen molar-refractivity contribution >= 4 is 29.2 Å². The first-order chi connectivity index (χ1) is 5.74. The SMILES string of the molecule is O=C(OCCl)c1ccc(Cl)cc1. The normalized spacial score (nSPS) is 9.50. The molecule has 0 amide bonds. The van der Waals surface area contributed by atoms with E-state index in [9.17, 15) is 4.79 Å². The van der Waals surface area contributed by atoms with E-state index in [0.717, 1.165) is 0 Å². The number of rotatable bonds is 2. The first-order valence-electron chi connectivity index (χ1n) is 3.22. The molecule has 0 aliphatic rings. The molecule has 0 aliphatic heterocycles. The highest BCUT2D eigenvalue weighted by Crippen LogP contribution is 2.10. The minimum absolute atomic E-state index is 0.137. The third-order valence-corrected chi connectivity index (χ3v) is 1.63. The minimum atomic E-state index is -0.443. The second kappa shape index (κ2) is 4.33. The number of ether oxygens (including phenoxy) is 1. The summed E-state index contributed by atoms with van der Waals surface area (Å²) >= 11 is 10.8. The maximum Gasteiger partial charge on any atom is 0.339 e. The van der Waals surface area contributed by atoms with Crippen molar-refractivity contribution in [3.05, 3.63) is 34.9 Å². The smallest absolute Gasteiger partial charge is 0.339 e. The zero-order valence-electron chi connectivity index (χ0n) is 6.09. The molecule has 0 spiro atoms. The number of carbonyl (C=O) groups excluding carboxylic acids is 1. The van der Waals surface area contributed by atoms with Gasteiger partial charge in [-0.25, -0.2) is 4.79 Å². The van der Waals surface area contributed by atoms with Crippen LogP contribution in [0.3, 0.4) is 0 Å². The summed E-state index contributed by atoms with van der Waals surface area (Å²) in [7, 11) is 0. The van der Waals surface area contributed by atoms with Gasteiger partial charge in [-0.1, -0.05) is 23.2 Å². The molecule has 2 nitrogen and oxygen atoms in total. The third kappa shape index (κ3) is 2.40. The van der Waals surface area contributed by atoms with Gasteiger partial charge in [-0.05, 0) is 24.3 Å². The van der Waals surface area contributed by atoms with Crippen LogP contribution < -0.4 is 0 Å². The van der Waals surface area contributed by atoms with Gasteiger partial charge in [0.25, 0.3) is 0 Å². The summed E-state index contributed by atoms with van der Waals surface area (Å²) in [4.78, 5) is 11.0. The summed E-state index contributed by atoms with van der Waals surface area (Å²) < 4.78 is 4.55. The molecule has 64 valence electrons. The van der Waals surface area contributed by atoms with Crippen molar-refractivity contribution in [2.75, 3.05) is 6.07 Å². The quantitative estimate of drug-likeness (QED) is 0.548.